The van der Waals surface area contributed by atoms with Gasteiger partial charge < -0.3 is 25.3 Å². The highest BCUT2D eigenvalue weighted by atomic mass is 127. The van der Waals surface area contributed by atoms with Crippen molar-refractivity contribution in [2.45, 2.75) is 6.42 Å². The summed E-state index contributed by atoms with van der Waals surface area (Å²) in [5.74, 6) is 2.63. The van der Waals surface area contributed by atoms with Crippen LogP contribution in [0, 0.1) is 0 Å². The molecule has 2 aromatic carbocycles. The maximum absolute atomic E-state index is 5.90. The maximum atomic E-state index is 5.90. The van der Waals surface area contributed by atoms with Crippen LogP contribution in [0.3, 0.4) is 0 Å². The predicted molar refractivity (Wildman–Crippen MR) is 110 cm³/mol. The van der Waals surface area contributed by atoms with Gasteiger partial charge in [0.15, 0.2) is 17.5 Å². The fourth-order valence-electron chi connectivity index (χ4n) is 2.27. The average Bonchev–Trinajstić information content (AvgIpc) is 2.84. The number of hydrogen-bond acceptors (Lipinski definition) is 4. The minimum absolute atomic E-state index is 0. The van der Waals surface area contributed by atoms with Crippen LogP contribution < -0.4 is 25.3 Å². The summed E-state index contributed by atoms with van der Waals surface area (Å²) in [6.07, 6.45) is 0.877. The number of halogens is 1. The molecule has 134 valence electrons. The highest BCUT2D eigenvalue weighted by Crippen LogP contribution is 2.32. The molecule has 1 heterocycles. The number of fused-ring (bicyclic) bond motifs is 1. The normalized spacial score (nSPS) is 13.4. The monoisotopic (exact) mass is 455 g/mol. The zero-order valence-electron chi connectivity index (χ0n) is 13.8. The van der Waals surface area contributed by atoms with E-state index >= 15 is 0 Å². The molecule has 0 spiro atoms. The van der Waals surface area contributed by atoms with E-state index in [1.807, 2.05) is 48.5 Å². The number of nitrogens with one attached hydrogen (secondary N) is 1. The number of benzene rings is 2. The van der Waals surface area contributed by atoms with Gasteiger partial charge in [-0.05, 0) is 24.3 Å². The first-order valence-corrected chi connectivity index (χ1v) is 7.96. The van der Waals surface area contributed by atoms with Crippen molar-refractivity contribution in [3.8, 4) is 17.2 Å². The van der Waals surface area contributed by atoms with E-state index in [1.165, 1.54) is 0 Å². The first-order chi connectivity index (χ1) is 11.8. The third-order valence-electron chi connectivity index (χ3n) is 3.41. The Morgan fingerprint density at radius 2 is 1.84 bits per heavy atom. The molecule has 1 aliphatic heterocycles. The summed E-state index contributed by atoms with van der Waals surface area (Å²) < 4.78 is 16.8. The summed E-state index contributed by atoms with van der Waals surface area (Å²) in [5.41, 5.74) is 6.71. The topological polar surface area (TPSA) is 78.1 Å². The summed E-state index contributed by atoms with van der Waals surface area (Å²) in [4.78, 5) is 4.25. The van der Waals surface area contributed by atoms with Crippen molar-refractivity contribution in [3.05, 3.63) is 48.5 Å². The van der Waals surface area contributed by atoms with Crippen LogP contribution in [0.4, 0.5) is 5.69 Å². The molecule has 7 heteroatoms. The Kier molecular flexibility index (Phi) is 7.65. The highest BCUT2D eigenvalue weighted by Gasteiger charge is 2.10. The predicted octanol–water partition coefficient (Wildman–Crippen LogP) is 3.27. The van der Waals surface area contributed by atoms with E-state index in [4.69, 9.17) is 19.9 Å². The Hall–Kier alpha value is -2.16. The number of hydrogen-bond donors (Lipinski definition) is 2. The SMILES string of the molecule is I.NC(=NCCOc1ccccc1)Nc1ccc2c(c1)OCCCO2. The Bertz CT molecular complexity index is 695. The third-order valence-corrected chi connectivity index (χ3v) is 3.41. The van der Waals surface area contributed by atoms with Crippen LogP contribution in [-0.4, -0.2) is 32.3 Å². The minimum Gasteiger partial charge on any atom is -0.492 e. The van der Waals surface area contributed by atoms with Crippen LogP contribution >= 0.6 is 24.0 Å². The van der Waals surface area contributed by atoms with E-state index < -0.39 is 0 Å². The standard InChI is InChI=1S/C18H21N3O3.HI/c19-18(20-9-12-22-15-5-2-1-3-6-15)21-14-7-8-16-17(13-14)24-11-4-10-23-16;/h1-3,5-8,13H,4,9-12H2,(H3,19,20,21);1H. The van der Waals surface area contributed by atoms with E-state index in [9.17, 15) is 0 Å². The first kappa shape index (κ1) is 19.2. The molecule has 1 aliphatic rings. The van der Waals surface area contributed by atoms with E-state index in [-0.39, 0.29) is 24.0 Å². The molecule has 0 unspecified atom stereocenters. The van der Waals surface area contributed by atoms with Crippen molar-refractivity contribution < 1.29 is 14.2 Å². The van der Waals surface area contributed by atoms with E-state index in [2.05, 4.69) is 10.3 Å². The number of nitrogens with two attached hydrogens (primary N) is 1. The summed E-state index contributed by atoms with van der Waals surface area (Å²) >= 11 is 0. The quantitative estimate of drug-likeness (QED) is 0.313. The van der Waals surface area contributed by atoms with Gasteiger partial charge in [-0.15, -0.1) is 24.0 Å². The van der Waals surface area contributed by atoms with Gasteiger partial charge in [0.25, 0.3) is 0 Å². The number of para-hydroxylation sites is 1. The van der Waals surface area contributed by atoms with Crippen molar-refractivity contribution >= 4 is 35.6 Å². The molecule has 25 heavy (non-hydrogen) atoms. The van der Waals surface area contributed by atoms with Crippen LogP contribution in [-0.2, 0) is 0 Å². The largest absolute Gasteiger partial charge is 0.492 e. The molecular weight excluding hydrogens is 433 g/mol. The van der Waals surface area contributed by atoms with Crippen molar-refractivity contribution in [2.24, 2.45) is 10.7 Å². The zero-order valence-corrected chi connectivity index (χ0v) is 16.1. The Balaban J connectivity index is 0.00000225. The van der Waals surface area contributed by atoms with Gasteiger partial charge >= 0.3 is 0 Å². The second-order valence-electron chi connectivity index (χ2n) is 5.27. The van der Waals surface area contributed by atoms with E-state index in [1.54, 1.807) is 0 Å². The smallest absolute Gasteiger partial charge is 0.193 e. The number of anilines is 1. The lowest BCUT2D eigenvalue weighted by atomic mass is 10.3. The van der Waals surface area contributed by atoms with Gasteiger partial charge in [-0.25, -0.2) is 4.99 Å². The van der Waals surface area contributed by atoms with E-state index in [0.29, 0.717) is 32.3 Å². The second kappa shape index (κ2) is 9.97. The third kappa shape index (κ3) is 6.00. The van der Waals surface area contributed by atoms with Crippen molar-refractivity contribution in [1.29, 1.82) is 0 Å². The summed E-state index contributed by atoms with van der Waals surface area (Å²) in [7, 11) is 0. The average molecular weight is 455 g/mol. The van der Waals surface area contributed by atoms with Gasteiger partial charge in [0.05, 0.1) is 19.8 Å². The molecule has 0 radical (unpaired) electrons. The van der Waals surface area contributed by atoms with Crippen molar-refractivity contribution in [2.75, 3.05) is 31.7 Å². The van der Waals surface area contributed by atoms with Gasteiger partial charge in [-0.3, -0.25) is 0 Å². The summed E-state index contributed by atoms with van der Waals surface area (Å²) in [6.45, 7) is 2.26. The molecule has 0 aliphatic carbocycles. The Morgan fingerprint density at radius 1 is 1.08 bits per heavy atom. The second-order valence-corrected chi connectivity index (χ2v) is 5.27. The zero-order chi connectivity index (χ0) is 16.6. The Morgan fingerprint density at radius 3 is 2.64 bits per heavy atom. The van der Waals surface area contributed by atoms with Gasteiger partial charge in [-0.2, -0.15) is 0 Å². The molecule has 0 saturated carbocycles. The summed E-state index contributed by atoms with van der Waals surface area (Å²) in [5, 5.41) is 3.05. The molecule has 2 aromatic rings. The van der Waals surface area contributed by atoms with Crippen LogP contribution in [0.2, 0.25) is 0 Å². The van der Waals surface area contributed by atoms with Crippen LogP contribution in [0.5, 0.6) is 17.2 Å². The van der Waals surface area contributed by atoms with Gasteiger partial charge in [0.2, 0.25) is 0 Å². The maximum Gasteiger partial charge on any atom is 0.193 e. The molecule has 3 rings (SSSR count). The van der Waals surface area contributed by atoms with Crippen molar-refractivity contribution in [3.63, 3.8) is 0 Å². The van der Waals surface area contributed by atoms with Crippen LogP contribution in [0.25, 0.3) is 0 Å². The first-order valence-electron chi connectivity index (χ1n) is 7.96. The van der Waals surface area contributed by atoms with E-state index in [0.717, 1.165) is 29.4 Å². The van der Waals surface area contributed by atoms with Crippen molar-refractivity contribution in [1.82, 2.24) is 0 Å². The molecule has 0 fully saturated rings. The molecule has 3 N–H and O–H groups in total. The lowest BCUT2D eigenvalue weighted by Crippen LogP contribution is -2.23. The van der Waals surface area contributed by atoms with Gasteiger partial charge in [0.1, 0.15) is 12.4 Å². The molecule has 6 nitrogen and oxygen atoms in total. The lowest BCUT2D eigenvalue weighted by Gasteiger charge is -2.11. The minimum atomic E-state index is 0. The summed E-state index contributed by atoms with van der Waals surface area (Å²) in [6, 6.07) is 15.2. The van der Waals surface area contributed by atoms with Gasteiger partial charge in [0, 0.05) is 18.2 Å². The molecule has 0 aromatic heterocycles. The fraction of sp³-hybridized carbons (Fsp3) is 0.278. The molecule has 0 amide bonds. The van der Waals surface area contributed by atoms with Crippen LogP contribution in [0.1, 0.15) is 6.42 Å². The number of nitrogens with zero attached hydrogens (tertiary/aromatic N) is 1. The number of ether oxygens (including phenoxy) is 3. The molecule has 0 bridgehead atoms. The number of guanidine groups is 1. The molecule has 0 atom stereocenters. The highest BCUT2D eigenvalue weighted by molar-refractivity contribution is 14.0. The lowest BCUT2D eigenvalue weighted by molar-refractivity contribution is 0.297. The Labute approximate surface area is 164 Å². The molecule has 0 saturated heterocycles. The fourth-order valence-corrected chi connectivity index (χ4v) is 2.27. The van der Waals surface area contributed by atoms with Gasteiger partial charge in [-0.1, -0.05) is 18.2 Å². The number of rotatable bonds is 5. The van der Waals surface area contributed by atoms with Crippen LogP contribution in [0.15, 0.2) is 53.5 Å². The number of aliphatic imine (C=N–C) groups is 1. The molecular formula is C18H22IN3O3.